The van der Waals surface area contributed by atoms with Crippen LogP contribution in [0, 0.1) is 6.92 Å². The topological polar surface area (TPSA) is 21.1 Å². The first kappa shape index (κ1) is 14.2. The first-order valence-corrected chi connectivity index (χ1v) is 6.98. The van der Waals surface area contributed by atoms with Gasteiger partial charge in [0.1, 0.15) is 5.82 Å². The van der Waals surface area contributed by atoms with Gasteiger partial charge in [0.25, 0.3) is 0 Å². The second kappa shape index (κ2) is 5.85. The third kappa shape index (κ3) is 2.88. The zero-order chi connectivity index (χ0) is 14.0. The van der Waals surface area contributed by atoms with Crippen LogP contribution < -0.4 is 4.90 Å². The van der Waals surface area contributed by atoms with Crippen molar-refractivity contribution < 1.29 is 0 Å². The van der Waals surface area contributed by atoms with E-state index in [9.17, 15) is 0 Å². The van der Waals surface area contributed by atoms with Crippen molar-refractivity contribution in [2.45, 2.75) is 19.3 Å². The highest BCUT2D eigenvalue weighted by Crippen LogP contribution is 2.26. The first-order valence-electron chi connectivity index (χ1n) is 6.07. The van der Waals surface area contributed by atoms with E-state index in [0.29, 0.717) is 5.88 Å². The zero-order valence-corrected chi connectivity index (χ0v) is 12.8. The predicted molar refractivity (Wildman–Crippen MR) is 81.1 cm³/mol. The largest absolute Gasteiger partial charge is 0.355 e. The maximum atomic E-state index is 6.20. The van der Waals surface area contributed by atoms with Gasteiger partial charge in [0, 0.05) is 31.2 Å². The van der Waals surface area contributed by atoms with Crippen molar-refractivity contribution in [1.82, 2.24) is 9.78 Å². The molecule has 0 aliphatic heterocycles. The number of aryl methyl sites for hydroxylation is 2. The quantitative estimate of drug-likeness (QED) is 0.801. The summed E-state index contributed by atoms with van der Waals surface area (Å²) < 4.78 is 1.86. The summed E-state index contributed by atoms with van der Waals surface area (Å²) in [5, 5.41) is 5.20. The van der Waals surface area contributed by atoms with Crippen molar-refractivity contribution >= 4 is 29.0 Å². The van der Waals surface area contributed by atoms with Crippen molar-refractivity contribution in [2.24, 2.45) is 7.05 Å². The summed E-state index contributed by atoms with van der Waals surface area (Å²) in [6, 6.07) is 7.86. The normalized spacial score (nSPS) is 10.8. The number of hydrogen-bond donors (Lipinski definition) is 0. The first-order chi connectivity index (χ1) is 9.04. The maximum Gasteiger partial charge on any atom is 0.131 e. The molecule has 1 heterocycles. The average molecular weight is 298 g/mol. The molecule has 0 unspecified atom stereocenters. The lowest BCUT2D eigenvalue weighted by Crippen LogP contribution is -2.20. The number of benzene rings is 1. The molecule has 0 atom stereocenters. The Morgan fingerprint density at radius 3 is 2.63 bits per heavy atom. The monoisotopic (exact) mass is 297 g/mol. The molecule has 102 valence electrons. The molecule has 0 bridgehead atoms. The fourth-order valence-corrected chi connectivity index (χ4v) is 2.79. The number of anilines is 1. The van der Waals surface area contributed by atoms with E-state index in [1.54, 1.807) is 0 Å². The number of halogens is 2. The maximum absolute atomic E-state index is 6.20. The van der Waals surface area contributed by atoms with E-state index in [4.69, 9.17) is 23.2 Å². The van der Waals surface area contributed by atoms with Gasteiger partial charge >= 0.3 is 0 Å². The summed E-state index contributed by atoms with van der Waals surface area (Å²) in [5.41, 5.74) is 3.13. The van der Waals surface area contributed by atoms with E-state index < -0.39 is 0 Å². The Hall–Kier alpha value is -1.19. The van der Waals surface area contributed by atoms with Crippen LogP contribution in [0.15, 0.2) is 24.3 Å². The molecule has 1 aromatic carbocycles. The molecular formula is C14H17Cl2N3. The van der Waals surface area contributed by atoms with Gasteiger partial charge in [-0.2, -0.15) is 5.10 Å². The number of rotatable bonds is 4. The van der Waals surface area contributed by atoms with Crippen LogP contribution in [0.25, 0.3) is 0 Å². The minimum absolute atomic E-state index is 0.460. The van der Waals surface area contributed by atoms with Gasteiger partial charge in [0.05, 0.1) is 11.6 Å². The van der Waals surface area contributed by atoms with Gasteiger partial charge < -0.3 is 4.90 Å². The van der Waals surface area contributed by atoms with Gasteiger partial charge in [-0.25, -0.2) is 0 Å². The van der Waals surface area contributed by atoms with Crippen molar-refractivity contribution in [1.29, 1.82) is 0 Å². The molecule has 0 amide bonds. The molecule has 0 aliphatic rings. The molecular weight excluding hydrogens is 281 g/mol. The van der Waals surface area contributed by atoms with Crippen LogP contribution in [0.2, 0.25) is 5.02 Å². The summed E-state index contributed by atoms with van der Waals surface area (Å²) >= 11 is 12.2. The molecule has 1 aromatic heterocycles. The molecule has 0 fully saturated rings. The highest BCUT2D eigenvalue weighted by molar-refractivity contribution is 6.31. The fraction of sp³-hybridized carbons (Fsp3) is 0.357. The molecule has 2 aromatic rings. The third-order valence-electron chi connectivity index (χ3n) is 3.17. The lowest BCUT2D eigenvalue weighted by atomic mass is 10.2. The Balaban J connectivity index is 2.30. The zero-order valence-electron chi connectivity index (χ0n) is 11.3. The third-order valence-corrected chi connectivity index (χ3v) is 3.81. The number of alkyl halides is 1. The SMILES string of the molecule is Cc1nn(C)c(N(C)Cc2ccccc2Cl)c1CCl. The minimum atomic E-state index is 0.460. The Labute approximate surface area is 123 Å². The smallest absolute Gasteiger partial charge is 0.131 e. The second-order valence-electron chi connectivity index (χ2n) is 4.59. The molecule has 3 nitrogen and oxygen atoms in total. The lowest BCUT2D eigenvalue weighted by Gasteiger charge is -2.21. The predicted octanol–water partition coefficient (Wildman–Crippen LogP) is 3.76. The lowest BCUT2D eigenvalue weighted by molar-refractivity contribution is 0.726. The summed E-state index contributed by atoms with van der Waals surface area (Å²) in [4.78, 5) is 2.12. The highest BCUT2D eigenvalue weighted by Gasteiger charge is 2.16. The summed E-state index contributed by atoms with van der Waals surface area (Å²) in [6.07, 6.45) is 0. The molecule has 0 N–H and O–H groups in total. The Morgan fingerprint density at radius 1 is 1.32 bits per heavy atom. The highest BCUT2D eigenvalue weighted by atomic mass is 35.5. The Kier molecular flexibility index (Phi) is 4.38. The van der Waals surface area contributed by atoms with Gasteiger partial charge in [-0.05, 0) is 18.6 Å². The van der Waals surface area contributed by atoms with E-state index in [1.807, 2.05) is 50.0 Å². The molecule has 19 heavy (non-hydrogen) atoms. The van der Waals surface area contributed by atoms with E-state index in [2.05, 4.69) is 10.00 Å². The van der Waals surface area contributed by atoms with Crippen LogP contribution in [0.5, 0.6) is 0 Å². The Bertz CT molecular complexity index is 578. The van der Waals surface area contributed by atoms with Gasteiger partial charge in [0.2, 0.25) is 0 Å². The van der Waals surface area contributed by atoms with Crippen molar-refractivity contribution in [3.8, 4) is 0 Å². The van der Waals surface area contributed by atoms with Crippen molar-refractivity contribution in [3.05, 3.63) is 46.1 Å². The standard InChI is InChI=1S/C14H17Cl2N3/c1-10-12(8-15)14(19(3)17-10)18(2)9-11-6-4-5-7-13(11)16/h4-7H,8-9H2,1-3H3. The summed E-state index contributed by atoms with van der Waals surface area (Å²) in [6.45, 7) is 2.70. The van der Waals surface area contributed by atoms with E-state index in [1.165, 1.54) is 0 Å². The van der Waals surface area contributed by atoms with E-state index in [-0.39, 0.29) is 0 Å². The average Bonchev–Trinajstić information content (AvgIpc) is 2.66. The fourth-order valence-electron chi connectivity index (χ4n) is 2.28. The van der Waals surface area contributed by atoms with Crippen LogP contribution in [0.1, 0.15) is 16.8 Å². The van der Waals surface area contributed by atoms with Crippen molar-refractivity contribution in [3.63, 3.8) is 0 Å². The molecule has 5 heteroatoms. The molecule has 0 radical (unpaired) electrons. The van der Waals surface area contributed by atoms with E-state index in [0.717, 1.165) is 34.2 Å². The molecule has 2 rings (SSSR count). The van der Waals surface area contributed by atoms with Gasteiger partial charge in [0.15, 0.2) is 0 Å². The summed E-state index contributed by atoms with van der Waals surface area (Å²) in [7, 11) is 3.96. The molecule has 0 saturated heterocycles. The number of nitrogens with zero attached hydrogens (tertiary/aromatic N) is 3. The minimum Gasteiger partial charge on any atom is -0.355 e. The van der Waals surface area contributed by atoms with Gasteiger partial charge in [-0.3, -0.25) is 4.68 Å². The molecule has 0 aliphatic carbocycles. The van der Waals surface area contributed by atoms with Crippen LogP contribution in [-0.4, -0.2) is 16.8 Å². The van der Waals surface area contributed by atoms with Crippen LogP contribution >= 0.6 is 23.2 Å². The van der Waals surface area contributed by atoms with Gasteiger partial charge in [-0.15, -0.1) is 11.6 Å². The van der Waals surface area contributed by atoms with Crippen LogP contribution in [-0.2, 0) is 19.5 Å². The number of aromatic nitrogens is 2. The number of hydrogen-bond acceptors (Lipinski definition) is 2. The summed E-state index contributed by atoms with van der Waals surface area (Å²) in [5.74, 6) is 1.49. The Morgan fingerprint density at radius 2 is 2.00 bits per heavy atom. The van der Waals surface area contributed by atoms with Crippen LogP contribution in [0.3, 0.4) is 0 Å². The van der Waals surface area contributed by atoms with Gasteiger partial charge in [-0.1, -0.05) is 29.8 Å². The van der Waals surface area contributed by atoms with Crippen LogP contribution in [0.4, 0.5) is 5.82 Å². The molecule has 0 saturated carbocycles. The van der Waals surface area contributed by atoms with Crippen molar-refractivity contribution in [2.75, 3.05) is 11.9 Å². The second-order valence-corrected chi connectivity index (χ2v) is 5.27. The molecule has 0 spiro atoms. The van der Waals surface area contributed by atoms with E-state index >= 15 is 0 Å².